The molecule has 3 rings (SSSR count). The summed E-state index contributed by atoms with van der Waals surface area (Å²) in [7, 11) is 0. The van der Waals surface area contributed by atoms with Gasteiger partial charge in [0.2, 0.25) is 0 Å². The van der Waals surface area contributed by atoms with Gasteiger partial charge in [-0.1, -0.05) is 23.7 Å². The highest BCUT2D eigenvalue weighted by Crippen LogP contribution is 2.33. The van der Waals surface area contributed by atoms with Gasteiger partial charge in [-0.15, -0.1) is 0 Å². The summed E-state index contributed by atoms with van der Waals surface area (Å²) in [6.07, 6.45) is 1.86. The normalized spacial score (nSPS) is 12.8. The monoisotopic (exact) mass is 243 g/mol. The Morgan fingerprint density at radius 3 is 2.88 bits per heavy atom. The van der Waals surface area contributed by atoms with Crippen LogP contribution in [-0.4, -0.2) is 11.3 Å². The quantitative estimate of drug-likeness (QED) is 0.815. The van der Waals surface area contributed by atoms with E-state index in [1.165, 1.54) is 5.56 Å². The van der Waals surface area contributed by atoms with E-state index in [0.29, 0.717) is 5.02 Å². The first kappa shape index (κ1) is 10.4. The molecule has 0 bridgehead atoms. The Kier molecular flexibility index (Phi) is 2.37. The Morgan fingerprint density at radius 2 is 2.00 bits per heavy atom. The molecule has 0 atom stereocenters. The molecule has 2 nitrogen and oxygen atoms in total. The Balaban J connectivity index is 2.15. The van der Waals surface area contributed by atoms with E-state index in [4.69, 9.17) is 11.6 Å². The fraction of sp³-hybridized carbons (Fsp3) is 0.0714. The van der Waals surface area contributed by atoms with Crippen LogP contribution in [0.4, 0.5) is 0 Å². The second kappa shape index (κ2) is 3.90. The molecule has 0 unspecified atom stereocenters. The number of phenols is 1. The van der Waals surface area contributed by atoms with E-state index in [1.807, 2.05) is 24.4 Å². The first-order valence-electron chi connectivity index (χ1n) is 5.36. The molecule has 0 saturated carbocycles. The van der Waals surface area contributed by atoms with Gasteiger partial charge >= 0.3 is 0 Å². The highest BCUT2D eigenvalue weighted by atomic mass is 35.5. The summed E-state index contributed by atoms with van der Waals surface area (Å²) in [5.41, 5.74) is 4.04. The maximum absolute atomic E-state index is 9.84. The average molecular weight is 244 g/mol. The van der Waals surface area contributed by atoms with Crippen molar-refractivity contribution in [2.75, 3.05) is 0 Å². The number of aliphatic imine (C=N–C) groups is 1. The van der Waals surface area contributed by atoms with E-state index in [-0.39, 0.29) is 5.75 Å². The summed E-state index contributed by atoms with van der Waals surface area (Å²) in [5.74, 6) is 0.240. The van der Waals surface area contributed by atoms with Gasteiger partial charge in [-0.2, -0.15) is 0 Å². The van der Waals surface area contributed by atoms with E-state index in [2.05, 4.69) is 4.99 Å². The van der Waals surface area contributed by atoms with Gasteiger partial charge in [0, 0.05) is 16.8 Å². The van der Waals surface area contributed by atoms with Crippen molar-refractivity contribution in [1.29, 1.82) is 0 Å². The Morgan fingerprint density at radius 1 is 1.12 bits per heavy atom. The van der Waals surface area contributed by atoms with Gasteiger partial charge in [-0.05, 0) is 41.0 Å². The second-order valence-electron chi connectivity index (χ2n) is 4.04. The third-order valence-electron chi connectivity index (χ3n) is 2.91. The van der Waals surface area contributed by atoms with Crippen molar-refractivity contribution in [3.05, 3.63) is 52.5 Å². The lowest BCUT2D eigenvalue weighted by atomic mass is 10.00. The molecule has 0 radical (unpaired) electrons. The van der Waals surface area contributed by atoms with Gasteiger partial charge in [-0.25, -0.2) is 0 Å². The molecule has 1 N–H and O–H groups in total. The summed E-state index contributed by atoms with van der Waals surface area (Å²) in [4.78, 5) is 4.21. The van der Waals surface area contributed by atoms with Crippen LogP contribution in [0.2, 0.25) is 5.02 Å². The number of hydrogen-bond donors (Lipinski definition) is 1. The third kappa shape index (κ3) is 1.81. The molecule has 0 aliphatic carbocycles. The molecule has 2 aromatic carbocycles. The summed E-state index contributed by atoms with van der Waals surface area (Å²) < 4.78 is 0. The van der Waals surface area contributed by atoms with E-state index in [0.717, 1.165) is 23.2 Å². The minimum Gasteiger partial charge on any atom is -0.507 e. The summed E-state index contributed by atoms with van der Waals surface area (Å²) in [5, 5.41) is 10.5. The summed E-state index contributed by atoms with van der Waals surface area (Å²) in [6, 6.07) is 11.1. The van der Waals surface area contributed by atoms with Crippen molar-refractivity contribution in [1.82, 2.24) is 0 Å². The number of rotatable bonds is 1. The van der Waals surface area contributed by atoms with Crippen LogP contribution in [0, 0.1) is 0 Å². The Bertz CT molecular complexity index is 620. The van der Waals surface area contributed by atoms with E-state index in [9.17, 15) is 5.11 Å². The zero-order valence-electron chi connectivity index (χ0n) is 9.02. The van der Waals surface area contributed by atoms with E-state index >= 15 is 0 Å². The van der Waals surface area contributed by atoms with E-state index < -0.39 is 0 Å². The molecule has 17 heavy (non-hydrogen) atoms. The van der Waals surface area contributed by atoms with Crippen LogP contribution in [0.3, 0.4) is 0 Å². The second-order valence-corrected chi connectivity index (χ2v) is 4.48. The standard InChI is InChI=1S/C14H10ClNO/c15-12-3-4-14(17)13(6-12)9-1-2-10-7-16-8-11(10)5-9/h1-6,8,17H,7H2. The number of halogens is 1. The minimum atomic E-state index is 0.240. The number of aromatic hydroxyl groups is 1. The van der Waals surface area contributed by atoms with Gasteiger partial charge in [0.25, 0.3) is 0 Å². The number of benzene rings is 2. The van der Waals surface area contributed by atoms with Crippen LogP contribution in [-0.2, 0) is 6.54 Å². The molecular formula is C14H10ClNO. The largest absolute Gasteiger partial charge is 0.507 e. The van der Waals surface area contributed by atoms with Gasteiger partial charge in [0.05, 0.1) is 6.54 Å². The highest BCUT2D eigenvalue weighted by Gasteiger charge is 2.10. The minimum absolute atomic E-state index is 0.240. The van der Waals surface area contributed by atoms with Gasteiger partial charge in [0.15, 0.2) is 0 Å². The van der Waals surface area contributed by atoms with Crippen LogP contribution >= 0.6 is 11.6 Å². The van der Waals surface area contributed by atoms with Crippen LogP contribution in [0.15, 0.2) is 41.4 Å². The smallest absolute Gasteiger partial charge is 0.123 e. The van der Waals surface area contributed by atoms with Crippen molar-refractivity contribution >= 4 is 17.8 Å². The molecule has 0 amide bonds. The van der Waals surface area contributed by atoms with Crippen molar-refractivity contribution in [2.45, 2.75) is 6.54 Å². The third-order valence-corrected chi connectivity index (χ3v) is 3.14. The van der Waals surface area contributed by atoms with Gasteiger partial charge < -0.3 is 5.11 Å². The van der Waals surface area contributed by atoms with Gasteiger partial charge in [0.1, 0.15) is 5.75 Å². The average Bonchev–Trinajstić information content (AvgIpc) is 2.79. The molecule has 1 heterocycles. The van der Waals surface area contributed by atoms with E-state index in [1.54, 1.807) is 18.2 Å². The molecule has 1 aliphatic rings. The van der Waals surface area contributed by atoms with Gasteiger partial charge in [-0.3, -0.25) is 4.99 Å². The Hall–Kier alpha value is -1.80. The molecule has 1 aliphatic heterocycles. The number of fused-ring (bicyclic) bond motifs is 1. The molecule has 0 fully saturated rings. The molecule has 0 aromatic heterocycles. The first-order valence-corrected chi connectivity index (χ1v) is 5.73. The molecule has 2 aromatic rings. The van der Waals surface area contributed by atoms with Crippen LogP contribution in [0.1, 0.15) is 11.1 Å². The van der Waals surface area contributed by atoms with Crippen LogP contribution in [0.25, 0.3) is 11.1 Å². The predicted molar refractivity (Wildman–Crippen MR) is 69.9 cm³/mol. The van der Waals surface area contributed by atoms with Crippen LogP contribution in [0.5, 0.6) is 5.75 Å². The van der Waals surface area contributed by atoms with Crippen molar-refractivity contribution < 1.29 is 5.11 Å². The summed E-state index contributed by atoms with van der Waals surface area (Å²) in [6.45, 7) is 0.747. The molecular weight excluding hydrogens is 234 g/mol. The fourth-order valence-electron chi connectivity index (χ4n) is 2.01. The fourth-order valence-corrected chi connectivity index (χ4v) is 2.18. The number of phenolic OH excluding ortho intramolecular Hbond substituents is 1. The molecule has 0 saturated heterocycles. The van der Waals surface area contributed by atoms with Crippen molar-refractivity contribution in [3.8, 4) is 16.9 Å². The van der Waals surface area contributed by atoms with Crippen LogP contribution < -0.4 is 0 Å². The molecule has 84 valence electrons. The summed E-state index contributed by atoms with van der Waals surface area (Å²) >= 11 is 5.95. The number of nitrogens with zero attached hydrogens (tertiary/aromatic N) is 1. The lowest BCUT2D eigenvalue weighted by Gasteiger charge is -2.07. The zero-order chi connectivity index (χ0) is 11.8. The maximum atomic E-state index is 9.84. The SMILES string of the molecule is Oc1ccc(Cl)cc1-c1ccc2c(c1)C=NC2. The Labute approximate surface area is 104 Å². The topological polar surface area (TPSA) is 32.6 Å². The predicted octanol–water partition coefficient (Wildman–Crippen LogP) is 3.65. The molecule has 0 spiro atoms. The van der Waals surface area contributed by atoms with Crippen molar-refractivity contribution in [2.24, 2.45) is 4.99 Å². The first-order chi connectivity index (χ1) is 8.24. The van der Waals surface area contributed by atoms with Crippen molar-refractivity contribution in [3.63, 3.8) is 0 Å². The lowest BCUT2D eigenvalue weighted by Crippen LogP contribution is -1.86. The number of hydrogen-bond acceptors (Lipinski definition) is 2. The maximum Gasteiger partial charge on any atom is 0.123 e. The highest BCUT2D eigenvalue weighted by molar-refractivity contribution is 6.31. The molecule has 3 heteroatoms. The zero-order valence-corrected chi connectivity index (χ0v) is 9.78. The lowest BCUT2D eigenvalue weighted by molar-refractivity contribution is 0.477.